The first-order valence-corrected chi connectivity index (χ1v) is 10.8. The van der Waals surface area contributed by atoms with E-state index in [1.54, 1.807) is 14.0 Å². The van der Waals surface area contributed by atoms with Gasteiger partial charge < -0.3 is 18.9 Å². The number of rotatable bonds is 10. The van der Waals surface area contributed by atoms with E-state index in [9.17, 15) is 9.46 Å². The van der Waals surface area contributed by atoms with E-state index in [1.165, 1.54) is 0 Å². The van der Waals surface area contributed by atoms with Crippen molar-refractivity contribution in [1.82, 2.24) is 0 Å². The summed E-state index contributed by atoms with van der Waals surface area (Å²) < 4.78 is 27.5. The van der Waals surface area contributed by atoms with E-state index in [1.807, 2.05) is 36.4 Å². The van der Waals surface area contributed by atoms with E-state index < -0.39 is 7.60 Å². The van der Waals surface area contributed by atoms with Gasteiger partial charge in [-0.25, -0.2) is 0 Å². The lowest BCUT2D eigenvalue weighted by Gasteiger charge is -2.26. The van der Waals surface area contributed by atoms with Crippen molar-refractivity contribution < 1.29 is 23.5 Å². The van der Waals surface area contributed by atoms with E-state index >= 15 is 0 Å². The molecule has 0 saturated heterocycles. The van der Waals surface area contributed by atoms with Crippen molar-refractivity contribution in [3.63, 3.8) is 0 Å². The highest BCUT2D eigenvalue weighted by atomic mass is 31.2. The molecular formula is C21H29O5P. The Morgan fingerprint density at radius 3 is 2.04 bits per heavy atom. The maximum Gasteiger partial charge on any atom is 0.332 e. The highest BCUT2D eigenvalue weighted by Gasteiger charge is 2.24. The van der Waals surface area contributed by atoms with E-state index in [4.69, 9.17) is 14.0 Å². The van der Waals surface area contributed by atoms with Crippen molar-refractivity contribution in [3.05, 3.63) is 65.2 Å². The molecule has 1 unspecified atom stereocenters. The van der Waals surface area contributed by atoms with Crippen LogP contribution in [0.25, 0.3) is 0 Å². The zero-order valence-electron chi connectivity index (χ0n) is 16.5. The van der Waals surface area contributed by atoms with Gasteiger partial charge in [-0.2, -0.15) is 0 Å². The molecule has 0 saturated carbocycles. The van der Waals surface area contributed by atoms with Gasteiger partial charge >= 0.3 is 7.60 Å². The van der Waals surface area contributed by atoms with Crippen molar-refractivity contribution in [2.75, 3.05) is 26.9 Å². The van der Waals surface area contributed by atoms with Gasteiger partial charge in [0.2, 0.25) is 0 Å². The van der Waals surface area contributed by atoms with Gasteiger partial charge in [-0.15, -0.1) is 0 Å². The Bertz CT molecular complexity index is 753. The molecule has 0 aliphatic heterocycles. The largest absolute Gasteiger partial charge is 0.491 e. The van der Waals surface area contributed by atoms with Crippen molar-refractivity contribution in [2.45, 2.75) is 32.3 Å². The Kier molecular flexibility index (Phi) is 7.63. The molecule has 0 heterocycles. The van der Waals surface area contributed by atoms with Crippen LogP contribution in [0.4, 0.5) is 0 Å². The molecule has 0 spiro atoms. The average molecular weight is 392 g/mol. The summed E-state index contributed by atoms with van der Waals surface area (Å²) in [6.07, 6.45) is 0.0229. The summed E-state index contributed by atoms with van der Waals surface area (Å²) in [6.45, 7) is 7.33. The van der Waals surface area contributed by atoms with Crippen LogP contribution in [-0.2, 0) is 25.4 Å². The highest BCUT2D eigenvalue weighted by Crippen LogP contribution is 2.45. The number of hydrogen-bond acceptors (Lipinski definition) is 4. The summed E-state index contributed by atoms with van der Waals surface area (Å²) in [5.41, 5.74) is 2.88. The van der Waals surface area contributed by atoms with Crippen LogP contribution in [0.5, 0.6) is 5.75 Å². The molecule has 5 nitrogen and oxygen atoms in total. The average Bonchev–Trinajstić information content (AvgIpc) is 2.62. The molecule has 0 aromatic heterocycles. The van der Waals surface area contributed by atoms with E-state index in [2.05, 4.69) is 26.0 Å². The lowest BCUT2D eigenvalue weighted by molar-refractivity contribution is 0.146. The summed E-state index contributed by atoms with van der Waals surface area (Å²) >= 11 is 0. The smallest absolute Gasteiger partial charge is 0.332 e. The van der Waals surface area contributed by atoms with Crippen LogP contribution in [0.3, 0.4) is 0 Å². The van der Waals surface area contributed by atoms with Gasteiger partial charge in [0, 0.05) is 12.5 Å². The minimum absolute atomic E-state index is 0.0229. The molecule has 0 bridgehead atoms. The number of hydrogen-bond donors (Lipinski definition) is 1. The Hall–Kier alpha value is -1.65. The van der Waals surface area contributed by atoms with E-state index in [-0.39, 0.29) is 18.2 Å². The second-order valence-electron chi connectivity index (χ2n) is 6.90. The molecule has 0 aliphatic rings. The predicted octanol–water partition coefficient (Wildman–Crippen LogP) is 4.76. The summed E-state index contributed by atoms with van der Waals surface area (Å²) in [7, 11) is -1.92. The van der Waals surface area contributed by atoms with Crippen LogP contribution >= 0.6 is 7.60 Å². The van der Waals surface area contributed by atoms with Gasteiger partial charge in [-0.1, -0.05) is 50.2 Å². The SMILES string of the molecule is CCOP(=O)(O)Cc1ccc(C(C)(C)c2ccc(OCCOC)cc2)cc1. The topological polar surface area (TPSA) is 65.0 Å². The zero-order chi connectivity index (χ0) is 19.9. The third kappa shape index (κ3) is 6.18. The van der Waals surface area contributed by atoms with Crippen LogP contribution < -0.4 is 4.74 Å². The van der Waals surface area contributed by atoms with Gasteiger partial charge in [0.15, 0.2) is 0 Å². The quantitative estimate of drug-likeness (QED) is 0.467. The molecule has 2 rings (SSSR count). The molecule has 0 fully saturated rings. The number of ether oxygens (including phenoxy) is 2. The summed E-state index contributed by atoms with van der Waals surface area (Å²) in [5.74, 6) is 0.816. The molecule has 1 N–H and O–H groups in total. The first kappa shape index (κ1) is 21.6. The van der Waals surface area contributed by atoms with Crippen molar-refractivity contribution in [1.29, 1.82) is 0 Å². The molecule has 1 atom stereocenters. The van der Waals surface area contributed by atoms with Crippen LogP contribution in [-0.4, -0.2) is 31.8 Å². The normalized spacial score (nSPS) is 14.0. The van der Waals surface area contributed by atoms with E-state index in [0.29, 0.717) is 13.2 Å². The molecule has 0 amide bonds. The van der Waals surface area contributed by atoms with Crippen LogP contribution in [0.1, 0.15) is 37.5 Å². The fourth-order valence-corrected chi connectivity index (χ4v) is 4.05. The fraction of sp³-hybridized carbons (Fsp3) is 0.429. The molecule has 0 radical (unpaired) electrons. The summed E-state index contributed by atoms with van der Waals surface area (Å²) in [6, 6.07) is 15.8. The highest BCUT2D eigenvalue weighted by molar-refractivity contribution is 7.51. The predicted molar refractivity (Wildman–Crippen MR) is 108 cm³/mol. The molecule has 6 heteroatoms. The van der Waals surface area contributed by atoms with Gasteiger partial charge in [0.1, 0.15) is 12.4 Å². The van der Waals surface area contributed by atoms with Crippen molar-refractivity contribution in [3.8, 4) is 5.75 Å². The fourth-order valence-electron chi connectivity index (χ4n) is 2.88. The first-order chi connectivity index (χ1) is 12.8. The Morgan fingerprint density at radius 1 is 0.963 bits per heavy atom. The number of methoxy groups -OCH3 is 1. The molecule has 148 valence electrons. The van der Waals surface area contributed by atoms with Crippen LogP contribution in [0.2, 0.25) is 0 Å². The van der Waals surface area contributed by atoms with Gasteiger partial charge in [-0.3, -0.25) is 4.57 Å². The second-order valence-corrected chi connectivity index (χ2v) is 8.75. The molecular weight excluding hydrogens is 363 g/mol. The van der Waals surface area contributed by atoms with Gasteiger partial charge in [0.05, 0.1) is 19.4 Å². The molecule has 2 aromatic carbocycles. The third-order valence-electron chi connectivity index (χ3n) is 4.52. The summed E-state index contributed by atoms with van der Waals surface area (Å²) in [5, 5.41) is 0. The maximum absolute atomic E-state index is 11.9. The van der Waals surface area contributed by atoms with E-state index in [0.717, 1.165) is 22.4 Å². The number of benzene rings is 2. The third-order valence-corrected chi connectivity index (χ3v) is 5.95. The first-order valence-electron chi connectivity index (χ1n) is 9.06. The second kappa shape index (κ2) is 9.52. The Balaban J connectivity index is 2.10. The standard InChI is InChI=1S/C21H29O5P/c1-5-26-27(22,23)16-17-6-8-18(9-7-17)21(2,3)19-10-12-20(13-11-19)25-15-14-24-4/h6-13H,5,14-16H2,1-4H3,(H,22,23). The lowest BCUT2D eigenvalue weighted by Crippen LogP contribution is -2.18. The van der Waals surface area contributed by atoms with Crippen LogP contribution in [0.15, 0.2) is 48.5 Å². The van der Waals surface area contributed by atoms with Gasteiger partial charge in [0.25, 0.3) is 0 Å². The Labute approximate surface area is 161 Å². The maximum atomic E-state index is 11.9. The Morgan fingerprint density at radius 2 is 1.52 bits per heavy atom. The molecule has 27 heavy (non-hydrogen) atoms. The lowest BCUT2D eigenvalue weighted by atomic mass is 9.78. The minimum Gasteiger partial charge on any atom is -0.491 e. The van der Waals surface area contributed by atoms with Gasteiger partial charge in [-0.05, 0) is 35.7 Å². The van der Waals surface area contributed by atoms with Crippen LogP contribution in [0, 0.1) is 0 Å². The van der Waals surface area contributed by atoms with Crippen molar-refractivity contribution >= 4 is 7.60 Å². The monoisotopic (exact) mass is 392 g/mol. The minimum atomic E-state index is -3.57. The molecule has 0 aliphatic carbocycles. The molecule has 2 aromatic rings. The summed E-state index contributed by atoms with van der Waals surface area (Å²) in [4.78, 5) is 9.79. The van der Waals surface area contributed by atoms with Crippen molar-refractivity contribution in [2.24, 2.45) is 0 Å². The zero-order valence-corrected chi connectivity index (χ0v) is 17.4.